The van der Waals surface area contributed by atoms with Gasteiger partial charge in [0.1, 0.15) is 17.4 Å². The van der Waals surface area contributed by atoms with E-state index < -0.39 is 0 Å². The first kappa shape index (κ1) is 20.6. The minimum atomic E-state index is 0.0773. The number of thiazole rings is 1. The second-order valence-corrected chi connectivity index (χ2v) is 8.81. The molecule has 2 heterocycles. The molecule has 6 heteroatoms. The average Bonchev–Trinajstić information content (AvgIpc) is 3.38. The van der Waals surface area contributed by atoms with Gasteiger partial charge in [0.15, 0.2) is 0 Å². The molecule has 2 aromatic heterocycles. The number of benzene rings is 1. The van der Waals surface area contributed by atoms with E-state index in [1.807, 2.05) is 46.0 Å². The highest BCUT2D eigenvalue weighted by atomic mass is 32.1. The lowest BCUT2D eigenvalue weighted by Crippen LogP contribution is -2.30. The van der Waals surface area contributed by atoms with Crippen LogP contribution in [0.2, 0.25) is 0 Å². The number of carbonyl (C=O) groups is 1. The number of thiophene rings is 1. The third-order valence-corrected chi connectivity index (χ3v) is 6.09. The van der Waals surface area contributed by atoms with E-state index in [2.05, 4.69) is 31.8 Å². The molecule has 0 saturated carbocycles. The van der Waals surface area contributed by atoms with Crippen molar-refractivity contribution in [3.8, 4) is 5.75 Å². The Morgan fingerprint density at radius 2 is 2.00 bits per heavy atom. The molecule has 0 fully saturated rings. The van der Waals surface area contributed by atoms with Crippen molar-refractivity contribution >= 4 is 28.6 Å². The predicted molar refractivity (Wildman–Crippen MR) is 116 cm³/mol. The molecule has 0 unspecified atom stereocenters. The van der Waals surface area contributed by atoms with Gasteiger partial charge in [0.2, 0.25) is 0 Å². The monoisotopic (exact) mass is 414 g/mol. The largest absolute Gasteiger partial charge is 0.486 e. The molecule has 0 aliphatic carbocycles. The van der Waals surface area contributed by atoms with Crippen LogP contribution >= 0.6 is 22.7 Å². The molecule has 0 bridgehead atoms. The Bertz CT molecular complexity index is 888. The number of para-hydroxylation sites is 1. The lowest BCUT2D eigenvalue weighted by molar-refractivity contribution is 0.0746. The predicted octanol–water partition coefficient (Wildman–Crippen LogP) is 5.96. The van der Waals surface area contributed by atoms with Crippen LogP contribution in [-0.4, -0.2) is 22.3 Å². The Kier molecular flexibility index (Phi) is 7.23. The van der Waals surface area contributed by atoms with Crippen molar-refractivity contribution in [1.29, 1.82) is 0 Å². The third kappa shape index (κ3) is 5.20. The molecule has 0 saturated heterocycles. The van der Waals surface area contributed by atoms with Crippen molar-refractivity contribution in [1.82, 2.24) is 9.88 Å². The van der Waals surface area contributed by atoms with Crippen LogP contribution in [0, 0.1) is 0 Å². The molecular weight excluding hydrogens is 388 g/mol. The Labute approximate surface area is 174 Å². The van der Waals surface area contributed by atoms with Crippen LogP contribution in [-0.2, 0) is 13.2 Å². The number of hydrogen-bond donors (Lipinski definition) is 0. The fourth-order valence-electron chi connectivity index (χ4n) is 2.99. The van der Waals surface area contributed by atoms with Gasteiger partial charge >= 0.3 is 0 Å². The van der Waals surface area contributed by atoms with Crippen molar-refractivity contribution in [3.63, 3.8) is 0 Å². The summed E-state index contributed by atoms with van der Waals surface area (Å²) in [6.45, 7) is 8.11. The molecule has 3 aromatic rings. The van der Waals surface area contributed by atoms with Gasteiger partial charge in [-0.05, 0) is 35.4 Å². The van der Waals surface area contributed by atoms with E-state index in [-0.39, 0.29) is 5.91 Å². The van der Waals surface area contributed by atoms with E-state index in [1.165, 1.54) is 16.9 Å². The Hall–Kier alpha value is -2.18. The molecule has 4 nitrogen and oxygen atoms in total. The van der Waals surface area contributed by atoms with Gasteiger partial charge in [-0.2, -0.15) is 0 Å². The summed E-state index contributed by atoms with van der Waals surface area (Å²) in [4.78, 5) is 20.0. The van der Waals surface area contributed by atoms with Gasteiger partial charge in [0, 0.05) is 11.9 Å². The first-order chi connectivity index (χ1) is 13.6. The molecule has 0 aliphatic heterocycles. The summed E-state index contributed by atoms with van der Waals surface area (Å²) < 4.78 is 6.03. The van der Waals surface area contributed by atoms with Crippen molar-refractivity contribution in [2.45, 2.75) is 46.3 Å². The number of carbonyl (C=O) groups excluding carboxylic acids is 1. The standard InChI is InChI=1S/C22H26N2O2S2/c1-4-11-24(22(25)20-10-7-12-27-20)13-17-15-28-21(23-17)14-26-19-9-6-5-8-18(19)16(2)3/h5-10,12,15-16H,4,11,13-14H2,1-3H3. The smallest absolute Gasteiger partial charge is 0.264 e. The highest BCUT2D eigenvalue weighted by molar-refractivity contribution is 7.12. The molecule has 0 aliphatic rings. The molecule has 0 N–H and O–H groups in total. The van der Waals surface area contributed by atoms with Crippen LogP contribution in [0.25, 0.3) is 0 Å². The van der Waals surface area contributed by atoms with Gasteiger partial charge in [-0.15, -0.1) is 22.7 Å². The third-order valence-electron chi connectivity index (χ3n) is 4.36. The van der Waals surface area contributed by atoms with Crippen molar-refractivity contribution in [2.75, 3.05) is 6.54 Å². The van der Waals surface area contributed by atoms with Gasteiger partial charge in [-0.1, -0.05) is 45.0 Å². The van der Waals surface area contributed by atoms with Gasteiger partial charge < -0.3 is 9.64 Å². The average molecular weight is 415 g/mol. The summed E-state index contributed by atoms with van der Waals surface area (Å²) in [5, 5.41) is 4.88. The zero-order chi connectivity index (χ0) is 19.9. The Balaban J connectivity index is 1.64. The summed E-state index contributed by atoms with van der Waals surface area (Å²) in [6, 6.07) is 11.9. The Morgan fingerprint density at radius 1 is 1.18 bits per heavy atom. The summed E-state index contributed by atoms with van der Waals surface area (Å²) in [5.41, 5.74) is 2.12. The second kappa shape index (κ2) is 9.85. The highest BCUT2D eigenvalue weighted by Crippen LogP contribution is 2.27. The molecule has 0 atom stereocenters. The molecule has 1 aromatic carbocycles. The molecule has 3 rings (SSSR count). The van der Waals surface area contributed by atoms with Crippen molar-refractivity contribution in [3.05, 3.63) is 68.3 Å². The maximum Gasteiger partial charge on any atom is 0.264 e. The molecule has 148 valence electrons. The first-order valence-corrected chi connectivity index (χ1v) is 11.3. The fourth-order valence-corrected chi connectivity index (χ4v) is 4.38. The summed E-state index contributed by atoms with van der Waals surface area (Å²) in [5.74, 6) is 1.40. The molecule has 1 amide bonds. The van der Waals surface area contributed by atoms with Gasteiger partial charge in [0.05, 0.1) is 17.1 Å². The first-order valence-electron chi connectivity index (χ1n) is 9.56. The molecule has 28 heavy (non-hydrogen) atoms. The topological polar surface area (TPSA) is 42.4 Å². The second-order valence-electron chi connectivity index (χ2n) is 6.92. The van der Waals surface area contributed by atoms with Crippen LogP contribution in [0.5, 0.6) is 5.75 Å². The van der Waals surface area contributed by atoms with E-state index in [0.29, 0.717) is 19.1 Å². The van der Waals surface area contributed by atoms with E-state index in [4.69, 9.17) is 4.74 Å². The SMILES string of the molecule is CCCN(Cc1csc(COc2ccccc2C(C)C)n1)C(=O)c1cccs1. The number of rotatable bonds is 9. The summed E-state index contributed by atoms with van der Waals surface area (Å²) in [6.07, 6.45) is 0.920. The zero-order valence-electron chi connectivity index (χ0n) is 16.6. The lowest BCUT2D eigenvalue weighted by Gasteiger charge is -2.20. The molecule has 0 radical (unpaired) electrons. The van der Waals surface area contributed by atoms with E-state index in [9.17, 15) is 4.79 Å². The van der Waals surface area contributed by atoms with E-state index in [1.54, 1.807) is 11.3 Å². The maximum absolute atomic E-state index is 12.7. The van der Waals surface area contributed by atoms with Crippen LogP contribution in [0.1, 0.15) is 59.0 Å². The number of amides is 1. The van der Waals surface area contributed by atoms with E-state index >= 15 is 0 Å². The Morgan fingerprint density at radius 3 is 2.71 bits per heavy atom. The van der Waals surface area contributed by atoms with Crippen LogP contribution in [0.3, 0.4) is 0 Å². The normalized spacial score (nSPS) is 11.0. The molecular formula is C22H26N2O2S2. The minimum Gasteiger partial charge on any atom is -0.486 e. The lowest BCUT2D eigenvalue weighted by atomic mass is 10.0. The summed E-state index contributed by atoms with van der Waals surface area (Å²) in [7, 11) is 0. The quantitative estimate of drug-likeness (QED) is 0.434. The number of ether oxygens (including phenoxy) is 1. The molecule has 0 spiro atoms. The van der Waals surface area contributed by atoms with Crippen molar-refractivity contribution in [2.24, 2.45) is 0 Å². The van der Waals surface area contributed by atoms with Crippen molar-refractivity contribution < 1.29 is 9.53 Å². The number of aromatic nitrogens is 1. The summed E-state index contributed by atoms with van der Waals surface area (Å²) >= 11 is 3.06. The zero-order valence-corrected chi connectivity index (χ0v) is 18.2. The van der Waals surface area contributed by atoms with Gasteiger partial charge in [-0.3, -0.25) is 4.79 Å². The van der Waals surface area contributed by atoms with Crippen LogP contribution < -0.4 is 4.74 Å². The minimum absolute atomic E-state index is 0.0773. The highest BCUT2D eigenvalue weighted by Gasteiger charge is 2.18. The fraction of sp³-hybridized carbons (Fsp3) is 0.364. The number of nitrogens with zero attached hydrogens (tertiary/aromatic N) is 2. The van der Waals surface area contributed by atoms with Crippen LogP contribution in [0.15, 0.2) is 47.2 Å². The van der Waals surface area contributed by atoms with Crippen LogP contribution in [0.4, 0.5) is 0 Å². The number of hydrogen-bond acceptors (Lipinski definition) is 5. The van der Waals surface area contributed by atoms with E-state index in [0.717, 1.165) is 34.3 Å². The van der Waals surface area contributed by atoms with Gasteiger partial charge in [-0.25, -0.2) is 4.98 Å². The maximum atomic E-state index is 12.7. The van der Waals surface area contributed by atoms with Gasteiger partial charge in [0.25, 0.3) is 5.91 Å².